The molecule has 108 valence electrons. The molecule has 0 saturated heterocycles. The van der Waals surface area contributed by atoms with Crippen molar-refractivity contribution in [3.05, 3.63) is 30.2 Å². The third-order valence-electron chi connectivity index (χ3n) is 3.40. The minimum Gasteiger partial charge on any atom is -0.339 e. The van der Waals surface area contributed by atoms with Crippen molar-refractivity contribution in [2.45, 2.75) is 26.3 Å². The van der Waals surface area contributed by atoms with E-state index in [1.54, 1.807) is 23.0 Å². The van der Waals surface area contributed by atoms with E-state index in [0.717, 1.165) is 23.6 Å². The van der Waals surface area contributed by atoms with Gasteiger partial charge in [-0.2, -0.15) is 11.8 Å². The Morgan fingerprint density at radius 3 is 3.05 bits per heavy atom. The number of aromatic nitrogens is 3. The van der Waals surface area contributed by atoms with Crippen molar-refractivity contribution in [2.24, 2.45) is 0 Å². The van der Waals surface area contributed by atoms with Gasteiger partial charge in [0, 0.05) is 19.3 Å². The van der Waals surface area contributed by atoms with Crippen LogP contribution < -0.4 is 0 Å². The lowest BCUT2D eigenvalue weighted by atomic mass is 10.2. The minimum atomic E-state index is 0.0367. The summed E-state index contributed by atoms with van der Waals surface area (Å²) in [6.07, 6.45) is 4.39. The van der Waals surface area contributed by atoms with Crippen molar-refractivity contribution < 1.29 is 4.79 Å². The molecule has 0 aliphatic rings. The van der Waals surface area contributed by atoms with Crippen LogP contribution in [-0.2, 0) is 0 Å². The molecule has 0 radical (unpaired) electrons. The lowest BCUT2D eigenvalue weighted by molar-refractivity contribution is 0.0741. The Balaban J connectivity index is 2.05. The molecule has 2 heterocycles. The van der Waals surface area contributed by atoms with Gasteiger partial charge in [0.05, 0.1) is 5.56 Å². The second kappa shape index (κ2) is 6.74. The van der Waals surface area contributed by atoms with Gasteiger partial charge in [-0.1, -0.05) is 6.92 Å². The second-order valence-electron chi connectivity index (χ2n) is 4.76. The summed E-state index contributed by atoms with van der Waals surface area (Å²) in [5, 5.41) is 7.75. The molecule has 0 spiro atoms. The number of hydrogen-bond donors (Lipinski definition) is 0. The molecule has 2 aromatic rings. The third-order valence-corrected chi connectivity index (χ3v) is 4.34. The fourth-order valence-electron chi connectivity index (χ4n) is 1.95. The predicted molar refractivity (Wildman–Crippen MR) is 82.2 cm³/mol. The zero-order chi connectivity index (χ0) is 14.5. The molecule has 0 saturated carbocycles. The van der Waals surface area contributed by atoms with E-state index in [-0.39, 0.29) is 11.9 Å². The zero-order valence-corrected chi connectivity index (χ0v) is 12.9. The smallest absolute Gasteiger partial charge is 0.255 e. The first-order chi connectivity index (χ1) is 9.63. The Labute approximate surface area is 123 Å². The van der Waals surface area contributed by atoms with Crippen molar-refractivity contribution in [3.8, 4) is 0 Å². The SMILES string of the molecule is CCSCC[C@H](C)N(C)C(=O)c1ccc2nncn2c1. The number of thioether (sulfide) groups is 1. The molecule has 5 nitrogen and oxygen atoms in total. The van der Waals surface area contributed by atoms with Crippen LogP contribution in [0.15, 0.2) is 24.7 Å². The summed E-state index contributed by atoms with van der Waals surface area (Å²) in [6, 6.07) is 3.85. The number of carbonyl (C=O) groups is 1. The molecule has 0 aliphatic carbocycles. The van der Waals surface area contributed by atoms with E-state index in [4.69, 9.17) is 0 Å². The van der Waals surface area contributed by atoms with Gasteiger partial charge in [0.25, 0.3) is 5.91 Å². The van der Waals surface area contributed by atoms with Crippen molar-refractivity contribution in [3.63, 3.8) is 0 Å². The van der Waals surface area contributed by atoms with Gasteiger partial charge < -0.3 is 4.90 Å². The van der Waals surface area contributed by atoms with Gasteiger partial charge in [0.15, 0.2) is 5.65 Å². The first-order valence-electron chi connectivity index (χ1n) is 6.77. The number of rotatable bonds is 6. The molecule has 0 aliphatic heterocycles. The molecule has 1 atom stereocenters. The lowest BCUT2D eigenvalue weighted by Crippen LogP contribution is -2.35. The number of carbonyl (C=O) groups excluding carboxylic acids is 1. The standard InChI is InChI=1S/C14H20N4OS/c1-4-20-8-7-11(2)17(3)14(19)12-5-6-13-16-15-10-18(13)9-12/h5-6,9-11H,4,7-8H2,1-3H3/t11-/m0/s1. The van der Waals surface area contributed by atoms with Crippen LogP contribution in [0.4, 0.5) is 0 Å². The fourth-order valence-corrected chi connectivity index (χ4v) is 2.75. The number of pyridine rings is 1. The van der Waals surface area contributed by atoms with E-state index in [9.17, 15) is 4.79 Å². The van der Waals surface area contributed by atoms with Gasteiger partial charge in [-0.05, 0) is 37.0 Å². The average Bonchev–Trinajstić information content (AvgIpc) is 2.93. The zero-order valence-electron chi connectivity index (χ0n) is 12.1. The van der Waals surface area contributed by atoms with Crippen LogP contribution in [0, 0.1) is 0 Å². The maximum atomic E-state index is 12.4. The first kappa shape index (κ1) is 14.8. The topological polar surface area (TPSA) is 50.5 Å². The third kappa shape index (κ3) is 3.30. The maximum absolute atomic E-state index is 12.4. The molecule has 0 fully saturated rings. The van der Waals surface area contributed by atoms with E-state index in [2.05, 4.69) is 24.0 Å². The Bertz CT molecular complexity index is 583. The summed E-state index contributed by atoms with van der Waals surface area (Å²) in [5.41, 5.74) is 1.41. The van der Waals surface area contributed by atoms with Crippen LogP contribution in [0.5, 0.6) is 0 Å². The van der Waals surface area contributed by atoms with E-state index in [0.29, 0.717) is 5.56 Å². The molecule has 6 heteroatoms. The van der Waals surface area contributed by atoms with Crippen LogP contribution in [0.3, 0.4) is 0 Å². The summed E-state index contributed by atoms with van der Waals surface area (Å²) in [7, 11) is 1.86. The van der Waals surface area contributed by atoms with Crippen molar-refractivity contribution in [1.82, 2.24) is 19.5 Å². The molecule has 0 unspecified atom stereocenters. The molecular formula is C14H20N4OS. The highest BCUT2D eigenvalue weighted by Crippen LogP contribution is 2.12. The highest BCUT2D eigenvalue weighted by atomic mass is 32.2. The Hall–Kier alpha value is -1.56. The van der Waals surface area contributed by atoms with Crippen LogP contribution in [0.2, 0.25) is 0 Å². The van der Waals surface area contributed by atoms with Crippen molar-refractivity contribution in [2.75, 3.05) is 18.6 Å². The van der Waals surface area contributed by atoms with E-state index in [1.165, 1.54) is 0 Å². The normalized spacial score (nSPS) is 12.6. The largest absolute Gasteiger partial charge is 0.339 e. The van der Waals surface area contributed by atoms with Crippen molar-refractivity contribution >= 4 is 23.3 Å². The molecule has 2 rings (SSSR count). The first-order valence-corrected chi connectivity index (χ1v) is 7.93. The Kier molecular flexibility index (Phi) is 5.00. The Morgan fingerprint density at radius 1 is 1.50 bits per heavy atom. The van der Waals surface area contributed by atoms with Gasteiger partial charge in [0.1, 0.15) is 6.33 Å². The highest BCUT2D eigenvalue weighted by Gasteiger charge is 2.17. The Morgan fingerprint density at radius 2 is 2.30 bits per heavy atom. The summed E-state index contributed by atoms with van der Waals surface area (Å²) >= 11 is 1.91. The molecule has 1 amide bonds. The number of hydrogen-bond acceptors (Lipinski definition) is 4. The van der Waals surface area contributed by atoms with Crippen molar-refractivity contribution in [1.29, 1.82) is 0 Å². The maximum Gasteiger partial charge on any atom is 0.255 e. The van der Waals surface area contributed by atoms with Crippen LogP contribution in [-0.4, -0.2) is 50.0 Å². The monoisotopic (exact) mass is 292 g/mol. The summed E-state index contributed by atoms with van der Waals surface area (Å²) < 4.78 is 1.76. The molecule has 0 aromatic carbocycles. The van der Waals surface area contributed by atoms with Crippen LogP contribution in [0.1, 0.15) is 30.6 Å². The van der Waals surface area contributed by atoms with E-state index in [1.807, 2.05) is 29.8 Å². The second-order valence-corrected chi connectivity index (χ2v) is 6.16. The lowest BCUT2D eigenvalue weighted by Gasteiger charge is -2.25. The number of amides is 1. The quantitative estimate of drug-likeness (QED) is 0.767. The average molecular weight is 292 g/mol. The van der Waals surface area contributed by atoms with Gasteiger partial charge in [-0.3, -0.25) is 9.20 Å². The summed E-state index contributed by atoms with van der Waals surface area (Å²) in [6.45, 7) is 4.24. The van der Waals surface area contributed by atoms with E-state index < -0.39 is 0 Å². The van der Waals surface area contributed by atoms with Crippen LogP contribution in [0.25, 0.3) is 5.65 Å². The van der Waals surface area contributed by atoms with Gasteiger partial charge >= 0.3 is 0 Å². The number of fused-ring (bicyclic) bond motifs is 1. The summed E-state index contributed by atoms with van der Waals surface area (Å²) in [5.74, 6) is 2.24. The van der Waals surface area contributed by atoms with Gasteiger partial charge in [-0.25, -0.2) is 0 Å². The predicted octanol–water partition coefficient (Wildman–Crippen LogP) is 2.33. The van der Waals surface area contributed by atoms with Crippen LogP contribution >= 0.6 is 11.8 Å². The number of nitrogens with zero attached hydrogens (tertiary/aromatic N) is 4. The van der Waals surface area contributed by atoms with Gasteiger partial charge in [-0.15, -0.1) is 10.2 Å². The molecule has 0 N–H and O–H groups in total. The van der Waals surface area contributed by atoms with Gasteiger partial charge in [0.2, 0.25) is 0 Å². The molecule has 2 aromatic heterocycles. The molecular weight excluding hydrogens is 272 g/mol. The fraction of sp³-hybridized carbons (Fsp3) is 0.500. The van der Waals surface area contributed by atoms with E-state index >= 15 is 0 Å². The minimum absolute atomic E-state index is 0.0367. The molecule has 20 heavy (non-hydrogen) atoms. The molecule has 0 bridgehead atoms. The highest BCUT2D eigenvalue weighted by molar-refractivity contribution is 7.99. The summed E-state index contributed by atoms with van der Waals surface area (Å²) in [4.78, 5) is 14.3.